The molecule has 1 aliphatic carbocycles. The van der Waals surface area contributed by atoms with E-state index in [9.17, 15) is 4.79 Å². The molecular formula is C23H29NO4. The number of carbonyl (C=O) groups is 1. The van der Waals surface area contributed by atoms with Gasteiger partial charge in [-0.2, -0.15) is 0 Å². The van der Waals surface area contributed by atoms with Crippen molar-refractivity contribution in [2.75, 3.05) is 20.3 Å². The van der Waals surface area contributed by atoms with Crippen molar-refractivity contribution >= 4 is 5.91 Å². The van der Waals surface area contributed by atoms with Crippen molar-refractivity contribution in [2.45, 2.75) is 45.1 Å². The average molecular weight is 383 g/mol. The third-order valence-electron chi connectivity index (χ3n) is 4.99. The lowest BCUT2D eigenvalue weighted by Gasteiger charge is -2.20. The zero-order chi connectivity index (χ0) is 19.8. The molecule has 0 radical (unpaired) electrons. The molecule has 0 spiro atoms. The van der Waals surface area contributed by atoms with E-state index >= 15 is 0 Å². The van der Waals surface area contributed by atoms with Crippen LogP contribution >= 0.6 is 0 Å². The molecular weight excluding hydrogens is 354 g/mol. The van der Waals surface area contributed by atoms with E-state index in [0.717, 1.165) is 30.1 Å². The summed E-state index contributed by atoms with van der Waals surface area (Å²) in [7, 11) is 1.63. The van der Waals surface area contributed by atoms with Crippen LogP contribution in [0.15, 0.2) is 42.5 Å². The lowest BCUT2D eigenvalue weighted by atomic mass is 9.92. The fourth-order valence-electron chi connectivity index (χ4n) is 3.40. The third-order valence-corrected chi connectivity index (χ3v) is 4.99. The Balaban J connectivity index is 1.45. The van der Waals surface area contributed by atoms with Crippen LogP contribution in [-0.4, -0.2) is 32.3 Å². The van der Waals surface area contributed by atoms with Crippen molar-refractivity contribution in [2.24, 2.45) is 0 Å². The number of hydrogen-bond acceptors (Lipinski definition) is 4. The first kappa shape index (κ1) is 20.1. The van der Waals surface area contributed by atoms with E-state index in [0.29, 0.717) is 19.6 Å². The van der Waals surface area contributed by atoms with Crippen LogP contribution < -0.4 is 19.5 Å². The zero-order valence-electron chi connectivity index (χ0n) is 16.7. The number of carbonyl (C=O) groups excluding carboxylic acids is 1. The van der Waals surface area contributed by atoms with E-state index in [2.05, 4.69) is 17.4 Å². The zero-order valence-corrected chi connectivity index (χ0v) is 16.7. The highest BCUT2D eigenvalue weighted by Crippen LogP contribution is 2.26. The van der Waals surface area contributed by atoms with Crippen LogP contribution in [0.25, 0.3) is 0 Å². The second-order valence-corrected chi connectivity index (χ2v) is 6.97. The molecule has 1 amide bonds. The van der Waals surface area contributed by atoms with Gasteiger partial charge in [-0.05, 0) is 79.6 Å². The van der Waals surface area contributed by atoms with Crippen molar-refractivity contribution in [1.29, 1.82) is 0 Å². The Labute approximate surface area is 167 Å². The maximum Gasteiger partial charge on any atom is 0.261 e. The Bertz CT molecular complexity index is 773. The summed E-state index contributed by atoms with van der Waals surface area (Å²) >= 11 is 0. The predicted molar refractivity (Wildman–Crippen MR) is 109 cm³/mol. The first-order valence-electron chi connectivity index (χ1n) is 10.0. The van der Waals surface area contributed by atoms with Crippen molar-refractivity contribution in [1.82, 2.24) is 5.32 Å². The second kappa shape index (κ2) is 10.0. The fourth-order valence-corrected chi connectivity index (χ4v) is 3.40. The summed E-state index contributed by atoms with van der Waals surface area (Å²) < 4.78 is 16.7. The summed E-state index contributed by atoms with van der Waals surface area (Å²) in [5.41, 5.74) is 2.76. The summed E-state index contributed by atoms with van der Waals surface area (Å²) in [6.45, 7) is 2.78. The topological polar surface area (TPSA) is 56.8 Å². The molecule has 5 nitrogen and oxygen atoms in total. The Morgan fingerprint density at radius 3 is 2.39 bits per heavy atom. The highest BCUT2D eigenvalue weighted by molar-refractivity contribution is 5.81. The number of fused-ring (bicyclic) bond motifs is 1. The number of benzene rings is 2. The molecule has 1 N–H and O–H groups in total. The standard InChI is InChI=1S/C23H29NO4/c1-3-22(28-21-9-8-17-6-4-5-7-18(17)16-21)23(25)24-14-15-27-20-12-10-19(26-2)11-13-20/h8-13,16,22H,3-7,14-15H2,1-2H3,(H,24,25)/t22-/m1/s1. The first-order chi connectivity index (χ1) is 13.7. The maximum absolute atomic E-state index is 12.5. The predicted octanol–water partition coefficient (Wildman–Crippen LogP) is 3.93. The van der Waals surface area contributed by atoms with Crippen LogP contribution in [0.3, 0.4) is 0 Å². The van der Waals surface area contributed by atoms with Gasteiger partial charge in [-0.15, -0.1) is 0 Å². The Hall–Kier alpha value is -2.69. The van der Waals surface area contributed by atoms with Crippen molar-refractivity contribution in [3.05, 3.63) is 53.6 Å². The minimum Gasteiger partial charge on any atom is -0.497 e. The molecule has 150 valence electrons. The first-order valence-corrected chi connectivity index (χ1v) is 10.0. The van der Waals surface area contributed by atoms with Gasteiger partial charge in [0.25, 0.3) is 5.91 Å². The monoisotopic (exact) mass is 383 g/mol. The Morgan fingerprint density at radius 2 is 1.68 bits per heavy atom. The van der Waals surface area contributed by atoms with Crippen LogP contribution in [0.5, 0.6) is 17.2 Å². The van der Waals surface area contributed by atoms with Gasteiger partial charge in [0.15, 0.2) is 6.10 Å². The average Bonchev–Trinajstić information content (AvgIpc) is 2.75. The molecule has 0 saturated heterocycles. The number of aryl methyl sites for hydroxylation is 2. The SMILES string of the molecule is CC[C@@H](Oc1ccc2c(c1)CCCC2)C(=O)NCCOc1ccc(OC)cc1. The summed E-state index contributed by atoms with van der Waals surface area (Å²) in [4.78, 5) is 12.5. The molecule has 3 rings (SSSR count). The quantitative estimate of drug-likeness (QED) is 0.667. The molecule has 0 aromatic heterocycles. The number of nitrogens with one attached hydrogen (secondary N) is 1. The molecule has 1 aliphatic rings. The summed E-state index contributed by atoms with van der Waals surface area (Å²) in [5.74, 6) is 2.19. The summed E-state index contributed by atoms with van der Waals surface area (Å²) in [5, 5.41) is 2.90. The molecule has 28 heavy (non-hydrogen) atoms. The lowest BCUT2D eigenvalue weighted by molar-refractivity contribution is -0.128. The van der Waals surface area contributed by atoms with Gasteiger partial charge >= 0.3 is 0 Å². The highest BCUT2D eigenvalue weighted by atomic mass is 16.5. The minimum absolute atomic E-state index is 0.112. The van der Waals surface area contributed by atoms with Crippen LogP contribution in [0.4, 0.5) is 0 Å². The molecule has 5 heteroatoms. The Kier molecular flexibility index (Phi) is 7.18. The molecule has 2 aromatic carbocycles. The number of ether oxygens (including phenoxy) is 3. The number of hydrogen-bond donors (Lipinski definition) is 1. The van der Waals surface area contributed by atoms with Gasteiger partial charge in [0.05, 0.1) is 13.7 Å². The van der Waals surface area contributed by atoms with Gasteiger partial charge in [-0.25, -0.2) is 0 Å². The smallest absolute Gasteiger partial charge is 0.261 e. The van der Waals surface area contributed by atoms with E-state index in [1.807, 2.05) is 37.3 Å². The molecule has 0 heterocycles. The van der Waals surface area contributed by atoms with Crippen LogP contribution in [-0.2, 0) is 17.6 Å². The summed E-state index contributed by atoms with van der Waals surface area (Å²) in [6, 6.07) is 13.6. The van der Waals surface area contributed by atoms with E-state index in [1.165, 1.54) is 24.0 Å². The van der Waals surface area contributed by atoms with E-state index in [4.69, 9.17) is 14.2 Å². The third kappa shape index (κ3) is 5.41. The number of methoxy groups -OCH3 is 1. The fraction of sp³-hybridized carbons (Fsp3) is 0.435. The lowest BCUT2D eigenvalue weighted by Crippen LogP contribution is -2.39. The Morgan fingerprint density at radius 1 is 1.00 bits per heavy atom. The van der Waals surface area contributed by atoms with Gasteiger partial charge in [0, 0.05) is 0 Å². The van der Waals surface area contributed by atoms with Crippen LogP contribution in [0.2, 0.25) is 0 Å². The van der Waals surface area contributed by atoms with Gasteiger partial charge in [-0.1, -0.05) is 13.0 Å². The number of rotatable bonds is 9. The summed E-state index contributed by atoms with van der Waals surface area (Å²) in [6.07, 6.45) is 4.83. The van der Waals surface area contributed by atoms with Gasteiger partial charge in [0.2, 0.25) is 0 Å². The van der Waals surface area contributed by atoms with Gasteiger partial charge < -0.3 is 19.5 Å². The van der Waals surface area contributed by atoms with Gasteiger partial charge in [0.1, 0.15) is 23.9 Å². The van der Waals surface area contributed by atoms with Crippen molar-refractivity contribution in [3.63, 3.8) is 0 Å². The largest absolute Gasteiger partial charge is 0.497 e. The molecule has 0 saturated carbocycles. The number of amides is 1. The highest BCUT2D eigenvalue weighted by Gasteiger charge is 2.19. The normalized spacial score (nSPS) is 13.9. The second-order valence-electron chi connectivity index (χ2n) is 6.97. The van der Waals surface area contributed by atoms with Crippen LogP contribution in [0.1, 0.15) is 37.3 Å². The van der Waals surface area contributed by atoms with E-state index in [-0.39, 0.29) is 5.91 Å². The molecule has 0 unspecified atom stereocenters. The van der Waals surface area contributed by atoms with E-state index in [1.54, 1.807) is 7.11 Å². The maximum atomic E-state index is 12.5. The molecule has 0 bridgehead atoms. The van der Waals surface area contributed by atoms with Gasteiger partial charge in [-0.3, -0.25) is 4.79 Å². The molecule has 1 atom stereocenters. The van der Waals surface area contributed by atoms with Crippen molar-refractivity contribution < 1.29 is 19.0 Å². The molecule has 0 fully saturated rings. The molecule has 0 aliphatic heterocycles. The minimum atomic E-state index is -0.498. The molecule has 2 aromatic rings. The van der Waals surface area contributed by atoms with E-state index < -0.39 is 6.10 Å². The van der Waals surface area contributed by atoms with Crippen LogP contribution in [0, 0.1) is 0 Å². The van der Waals surface area contributed by atoms with Crippen molar-refractivity contribution in [3.8, 4) is 17.2 Å².